The molecule has 1 unspecified atom stereocenters. The van der Waals surface area contributed by atoms with Gasteiger partial charge in [0.25, 0.3) is 5.91 Å². The number of para-hydroxylation sites is 1. The fourth-order valence-corrected chi connectivity index (χ4v) is 3.25. The van der Waals surface area contributed by atoms with Crippen molar-refractivity contribution in [3.8, 4) is 5.75 Å². The van der Waals surface area contributed by atoms with Crippen LogP contribution in [0.15, 0.2) is 42.5 Å². The Morgan fingerprint density at radius 2 is 1.83 bits per heavy atom. The molecule has 2 amide bonds. The van der Waals surface area contributed by atoms with E-state index in [0.717, 1.165) is 6.42 Å². The minimum atomic E-state index is -0.712. The Kier molecular flexibility index (Phi) is 9.08. The van der Waals surface area contributed by atoms with E-state index in [2.05, 4.69) is 5.32 Å². The number of ether oxygens (including phenoxy) is 1. The number of benzene rings is 2. The van der Waals surface area contributed by atoms with Crippen LogP contribution in [0.4, 0.5) is 0 Å². The molecule has 29 heavy (non-hydrogen) atoms. The number of halogens is 3. The van der Waals surface area contributed by atoms with Gasteiger partial charge in [0.15, 0.2) is 6.61 Å². The number of rotatable bonds is 9. The van der Waals surface area contributed by atoms with Gasteiger partial charge < -0.3 is 15.0 Å². The molecule has 0 radical (unpaired) electrons. The zero-order valence-corrected chi connectivity index (χ0v) is 18.5. The van der Waals surface area contributed by atoms with Crippen LogP contribution in [0.3, 0.4) is 0 Å². The average molecular weight is 458 g/mol. The molecule has 2 aromatic rings. The molecule has 0 fully saturated rings. The van der Waals surface area contributed by atoms with E-state index in [0.29, 0.717) is 32.9 Å². The van der Waals surface area contributed by atoms with Gasteiger partial charge in [0, 0.05) is 23.1 Å². The SMILES string of the molecule is CCCNC(=O)C(C)N(Cc1ccc(Cl)cc1Cl)C(=O)COc1ccccc1Cl. The molecule has 2 aromatic carbocycles. The summed E-state index contributed by atoms with van der Waals surface area (Å²) in [4.78, 5) is 26.9. The fraction of sp³-hybridized carbons (Fsp3) is 0.333. The third-order valence-corrected chi connectivity index (χ3v) is 5.16. The second-order valence-electron chi connectivity index (χ2n) is 6.44. The summed E-state index contributed by atoms with van der Waals surface area (Å²) in [5.41, 5.74) is 0.678. The molecule has 8 heteroatoms. The van der Waals surface area contributed by atoms with E-state index in [1.807, 2.05) is 6.92 Å². The number of nitrogens with zero attached hydrogens (tertiary/aromatic N) is 1. The zero-order valence-electron chi connectivity index (χ0n) is 16.3. The predicted molar refractivity (Wildman–Crippen MR) is 117 cm³/mol. The Hall–Kier alpha value is -1.95. The van der Waals surface area contributed by atoms with Crippen LogP contribution in [-0.4, -0.2) is 35.9 Å². The summed E-state index contributed by atoms with van der Waals surface area (Å²) in [6.07, 6.45) is 0.797. The van der Waals surface area contributed by atoms with Crippen molar-refractivity contribution < 1.29 is 14.3 Å². The van der Waals surface area contributed by atoms with E-state index in [1.54, 1.807) is 49.4 Å². The molecule has 0 bridgehead atoms. The number of carbonyl (C=O) groups excluding carboxylic acids is 2. The summed E-state index contributed by atoms with van der Waals surface area (Å²) in [6.45, 7) is 4.03. The lowest BCUT2D eigenvalue weighted by Gasteiger charge is -2.29. The number of hydrogen-bond donors (Lipinski definition) is 1. The molecule has 156 valence electrons. The van der Waals surface area contributed by atoms with Gasteiger partial charge in [-0.25, -0.2) is 0 Å². The van der Waals surface area contributed by atoms with Crippen molar-refractivity contribution in [1.29, 1.82) is 0 Å². The lowest BCUT2D eigenvalue weighted by Crippen LogP contribution is -2.49. The third kappa shape index (κ3) is 6.81. The summed E-state index contributed by atoms with van der Waals surface area (Å²) in [6, 6.07) is 11.2. The molecule has 0 aromatic heterocycles. The maximum absolute atomic E-state index is 12.9. The first-order valence-corrected chi connectivity index (χ1v) is 10.3. The highest BCUT2D eigenvalue weighted by Crippen LogP contribution is 2.25. The highest BCUT2D eigenvalue weighted by Gasteiger charge is 2.27. The van der Waals surface area contributed by atoms with Gasteiger partial charge in [-0.3, -0.25) is 9.59 Å². The first kappa shape index (κ1) is 23.3. The van der Waals surface area contributed by atoms with E-state index in [4.69, 9.17) is 39.5 Å². The minimum absolute atomic E-state index is 0.140. The molecule has 0 heterocycles. The van der Waals surface area contributed by atoms with Crippen LogP contribution in [0.25, 0.3) is 0 Å². The Balaban J connectivity index is 2.19. The largest absolute Gasteiger partial charge is 0.482 e. The Labute approximate surface area is 185 Å². The van der Waals surface area contributed by atoms with Gasteiger partial charge in [0.05, 0.1) is 5.02 Å². The van der Waals surface area contributed by atoms with Crippen LogP contribution in [-0.2, 0) is 16.1 Å². The quantitative estimate of drug-likeness (QED) is 0.578. The second-order valence-corrected chi connectivity index (χ2v) is 7.69. The van der Waals surface area contributed by atoms with Crippen LogP contribution in [0.5, 0.6) is 5.75 Å². The maximum Gasteiger partial charge on any atom is 0.261 e. The lowest BCUT2D eigenvalue weighted by molar-refractivity contribution is -0.142. The van der Waals surface area contributed by atoms with Crippen LogP contribution in [0.2, 0.25) is 15.1 Å². The molecular formula is C21H23Cl3N2O3. The minimum Gasteiger partial charge on any atom is -0.482 e. The smallest absolute Gasteiger partial charge is 0.261 e. The highest BCUT2D eigenvalue weighted by atomic mass is 35.5. The summed E-state index contributed by atoms with van der Waals surface area (Å²) in [7, 11) is 0. The van der Waals surface area contributed by atoms with Crippen molar-refractivity contribution in [2.24, 2.45) is 0 Å². The summed E-state index contributed by atoms with van der Waals surface area (Å²) in [5.74, 6) is -0.215. The van der Waals surface area contributed by atoms with Crippen LogP contribution >= 0.6 is 34.8 Å². The van der Waals surface area contributed by atoms with E-state index >= 15 is 0 Å². The van der Waals surface area contributed by atoms with E-state index in [9.17, 15) is 9.59 Å². The Bertz CT molecular complexity index is 861. The number of hydrogen-bond acceptors (Lipinski definition) is 3. The Morgan fingerprint density at radius 3 is 2.48 bits per heavy atom. The second kappa shape index (κ2) is 11.3. The molecule has 1 N–H and O–H groups in total. The van der Waals surface area contributed by atoms with Crippen molar-refractivity contribution in [2.75, 3.05) is 13.2 Å². The summed E-state index contributed by atoms with van der Waals surface area (Å²) < 4.78 is 5.57. The van der Waals surface area contributed by atoms with Crippen molar-refractivity contribution >= 4 is 46.6 Å². The van der Waals surface area contributed by atoms with Gasteiger partial charge in [-0.2, -0.15) is 0 Å². The van der Waals surface area contributed by atoms with Crippen molar-refractivity contribution in [3.05, 3.63) is 63.1 Å². The fourth-order valence-electron chi connectivity index (χ4n) is 2.60. The summed E-state index contributed by atoms with van der Waals surface area (Å²) >= 11 is 18.3. The summed E-state index contributed by atoms with van der Waals surface area (Å²) in [5, 5.41) is 4.13. The van der Waals surface area contributed by atoms with Crippen molar-refractivity contribution in [2.45, 2.75) is 32.9 Å². The zero-order chi connectivity index (χ0) is 21.4. The van der Waals surface area contributed by atoms with Gasteiger partial charge in [0.1, 0.15) is 11.8 Å². The Morgan fingerprint density at radius 1 is 1.10 bits per heavy atom. The molecule has 0 spiro atoms. The number of nitrogens with one attached hydrogen (secondary N) is 1. The normalized spacial score (nSPS) is 11.6. The monoisotopic (exact) mass is 456 g/mol. The van der Waals surface area contributed by atoms with Gasteiger partial charge >= 0.3 is 0 Å². The number of amides is 2. The molecule has 0 saturated carbocycles. The van der Waals surface area contributed by atoms with Gasteiger partial charge in [-0.15, -0.1) is 0 Å². The van der Waals surface area contributed by atoms with Crippen molar-refractivity contribution in [1.82, 2.24) is 10.2 Å². The predicted octanol–water partition coefficient (Wildman–Crippen LogP) is 4.97. The first-order valence-electron chi connectivity index (χ1n) is 9.22. The molecule has 5 nitrogen and oxygen atoms in total. The third-order valence-electron chi connectivity index (χ3n) is 4.26. The van der Waals surface area contributed by atoms with Crippen molar-refractivity contribution in [3.63, 3.8) is 0 Å². The van der Waals surface area contributed by atoms with E-state index in [1.165, 1.54) is 4.90 Å². The van der Waals surface area contributed by atoms with E-state index < -0.39 is 6.04 Å². The van der Waals surface area contributed by atoms with Gasteiger partial charge in [-0.05, 0) is 43.2 Å². The molecule has 1 atom stereocenters. The first-order chi connectivity index (χ1) is 13.8. The van der Waals surface area contributed by atoms with Gasteiger partial charge in [-0.1, -0.05) is 59.9 Å². The van der Waals surface area contributed by atoms with Gasteiger partial charge in [0.2, 0.25) is 5.91 Å². The topological polar surface area (TPSA) is 58.6 Å². The highest BCUT2D eigenvalue weighted by molar-refractivity contribution is 6.35. The molecule has 0 aliphatic rings. The molecular weight excluding hydrogens is 435 g/mol. The molecule has 0 aliphatic heterocycles. The molecule has 0 aliphatic carbocycles. The van der Waals surface area contributed by atoms with Crippen LogP contribution in [0, 0.1) is 0 Å². The standard InChI is InChI=1S/C21H23Cl3N2O3/c1-3-10-25-21(28)14(2)26(12-15-8-9-16(22)11-18(15)24)20(27)13-29-19-7-5-4-6-17(19)23/h4-9,11,14H,3,10,12-13H2,1-2H3,(H,25,28). The van der Waals surface area contributed by atoms with Crippen LogP contribution < -0.4 is 10.1 Å². The maximum atomic E-state index is 12.9. The number of carbonyl (C=O) groups is 2. The lowest BCUT2D eigenvalue weighted by atomic mass is 10.1. The van der Waals surface area contributed by atoms with Crippen LogP contribution in [0.1, 0.15) is 25.8 Å². The van der Waals surface area contributed by atoms with E-state index in [-0.39, 0.29) is 25.0 Å². The molecule has 0 saturated heterocycles. The molecule has 2 rings (SSSR count). The average Bonchev–Trinajstić information content (AvgIpc) is 2.70.